The summed E-state index contributed by atoms with van der Waals surface area (Å²) in [5.74, 6) is 0.754. The van der Waals surface area contributed by atoms with Crippen molar-refractivity contribution in [3.05, 3.63) is 65.0 Å². The molecule has 2 aromatic carbocycles. The molecule has 1 unspecified atom stereocenters. The van der Waals surface area contributed by atoms with E-state index in [9.17, 15) is 4.39 Å². The first-order chi connectivity index (χ1) is 11.3. The molecule has 0 fully saturated rings. The van der Waals surface area contributed by atoms with Crippen molar-refractivity contribution in [1.82, 2.24) is 0 Å². The van der Waals surface area contributed by atoms with Crippen molar-refractivity contribution in [1.29, 1.82) is 0 Å². The highest BCUT2D eigenvalue weighted by atomic mass is 19.1. The van der Waals surface area contributed by atoms with Gasteiger partial charge in [-0.25, -0.2) is 4.39 Å². The van der Waals surface area contributed by atoms with Gasteiger partial charge >= 0.3 is 0 Å². The molecule has 0 spiro atoms. The first kappa shape index (κ1) is 18.5. The Kier molecular flexibility index (Phi) is 6.00. The molecule has 3 heteroatoms. The van der Waals surface area contributed by atoms with Crippen molar-refractivity contribution in [3.8, 4) is 5.75 Å². The molecule has 0 aliphatic heterocycles. The third-order valence-electron chi connectivity index (χ3n) is 4.27. The van der Waals surface area contributed by atoms with Crippen LogP contribution in [0.5, 0.6) is 5.75 Å². The predicted octanol–water partition coefficient (Wildman–Crippen LogP) is 4.81. The van der Waals surface area contributed by atoms with Gasteiger partial charge in [-0.3, -0.25) is 0 Å². The van der Waals surface area contributed by atoms with E-state index in [1.165, 1.54) is 11.6 Å². The Labute approximate surface area is 144 Å². The normalized spacial score (nSPS) is 12.9. The quantitative estimate of drug-likeness (QED) is 0.825. The van der Waals surface area contributed by atoms with Crippen molar-refractivity contribution in [2.24, 2.45) is 5.73 Å². The molecule has 1 atom stereocenters. The Balaban J connectivity index is 2.40. The zero-order valence-corrected chi connectivity index (χ0v) is 15.1. The van der Waals surface area contributed by atoms with E-state index in [0.29, 0.717) is 19.6 Å². The SMILES string of the molecule is CCOc1ccc(C(C)(C)C)cc1C(CN)Cc1cccc(F)c1. The van der Waals surface area contributed by atoms with Gasteiger partial charge < -0.3 is 10.5 Å². The second kappa shape index (κ2) is 7.80. The molecule has 0 radical (unpaired) electrons. The maximum absolute atomic E-state index is 13.5. The summed E-state index contributed by atoms with van der Waals surface area (Å²) in [6.45, 7) is 9.65. The van der Waals surface area contributed by atoms with Crippen LogP contribution in [0.4, 0.5) is 4.39 Å². The minimum atomic E-state index is -0.211. The maximum atomic E-state index is 13.5. The van der Waals surface area contributed by atoms with Crippen LogP contribution in [0, 0.1) is 5.82 Å². The predicted molar refractivity (Wildman–Crippen MR) is 98.2 cm³/mol. The molecule has 0 saturated carbocycles. The molecule has 0 heterocycles. The molecule has 2 aromatic rings. The van der Waals surface area contributed by atoms with Crippen molar-refractivity contribution in [2.75, 3.05) is 13.2 Å². The lowest BCUT2D eigenvalue weighted by Crippen LogP contribution is -2.18. The van der Waals surface area contributed by atoms with Crippen LogP contribution in [-0.2, 0) is 11.8 Å². The summed E-state index contributed by atoms with van der Waals surface area (Å²) in [6.07, 6.45) is 0.696. The lowest BCUT2D eigenvalue weighted by molar-refractivity contribution is 0.333. The number of nitrogens with two attached hydrogens (primary N) is 1. The van der Waals surface area contributed by atoms with Crippen LogP contribution >= 0.6 is 0 Å². The summed E-state index contributed by atoms with van der Waals surface area (Å²) in [6, 6.07) is 13.1. The van der Waals surface area contributed by atoms with Crippen molar-refractivity contribution >= 4 is 0 Å². The number of hydrogen-bond acceptors (Lipinski definition) is 2. The molecule has 0 aromatic heterocycles. The summed E-state index contributed by atoms with van der Waals surface area (Å²) in [5, 5.41) is 0. The largest absolute Gasteiger partial charge is 0.494 e. The van der Waals surface area contributed by atoms with E-state index in [2.05, 4.69) is 32.9 Å². The highest BCUT2D eigenvalue weighted by molar-refractivity contribution is 5.43. The molecule has 2 rings (SSSR count). The molecular weight excluding hydrogens is 301 g/mol. The van der Waals surface area contributed by atoms with Gasteiger partial charge in [0, 0.05) is 5.92 Å². The topological polar surface area (TPSA) is 35.2 Å². The average molecular weight is 329 g/mol. The molecule has 0 aliphatic rings. The van der Waals surface area contributed by atoms with Gasteiger partial charge in [-0.15, -0.1) is 0 Å². The fraction of sp³-hybridized carbons (Fsp3) is 0.429. The maximum Gasteiger partial charge on any atom is 0.123 e. The Hall–Kier alpha value is -1.87. The Morgan fingerprint density at radius 2 is 1.88 bits per heavy atom. The van der Waals surface area contributed by atoms with E-state index < -0.39 is 0 Å². The Morgan fingerprint density at radius 1 is 1.12 bits per heavy atom. The van der Waals surface area contributed by atoms with Crippen LogP contribution in [0.3, 0.4) is 0 Å². The van der Waals surface area contributed by atoms with Gasteiger partial charge in [0.2, 0.25) is 0 Å². The van der Waals surface area contributed by atoms with E-state index in [0.717, 1.165) is 16.9 Å². The number of rotatable bonds is 6. The summed E-state index contributed by atoms with van der Waals surface area (Å²) >= 11 is 0. The Morgan fingerprint density at radius 3 is 2.46 bits per heavy atom. The van der Waals surface area contributed by atoms with E-state index in [1.54, 1.807) is 12.1 Å². The van der Waals surface area contributed by atoms with Crippen molar-refractivity contribution in [3.63, 3.8) is 0 Å². The lowest BCUT2D eigenvalue weighted by atomic mass is 9.83. The third kappa shape index (κ3) is 4.57. The molecule has 0 amide bonds. The van der Waals surface area contributed by atoms with E-state index in [-0.39, 0.29) is 17.2 Å². The Bertz CT molecular complexity index is 676. The second-order valence-electron chi connectivity index (χ2n) is 7.20. The molecule has 0 saturated heterocycles. The molecule has 24 heavy (non-hydrogen) atoms. The number of benzene rings is 2. The number of ether oxygens (including phenoxy) is 1. The standard InChI is InChI=1S/C21H28FNO/c1-5-24-20-10-9-17(21(2,3)4)13-19(20)16(14-23)11-15-7-6-8-18(22)12-15/h6-10,12-13,16H,5,11,14,23H2,1-4H3. The van der Waals surface area contributed by atoms with Crippen LogP contribution in [0.15, 0.2) is 42.5 Å². The van der Waals surface area contributed by atoms with Crippen molar-refractivity contribution < 1.29 is 9.13 Å². The zero-order chi connectivity index (χ0) is 17.7. The second-order valence-corrected chi connectivity index (χ2v) is 7.20. The summed E-state index contributed by atoms with van der Waals surface area (Å²) in [4.78, 5) is 0. The number of halogens is 1. The van der Waals surface area contributed by atoms with Crippen LogP contribution in [0.25, 0.3) is 0 Å². The van der Waals surface area contributed by atoms with Crippen LogP contribution in [0.1, 0.15) is 50.3 Å². The lowest BCUT2D eigenvalue weighted by Gasteiger charge is -2.25. The first-order valence-corrected chi connectivity index (χ1v) is 8.57. The van der Waals surface area contributed by atoms with Crippen molar-refractivity contribution in [2.45, 2.75) is 45.4 Å². The van der Waals surface area contributed by atoms with Crippen LogP contribution < -0.4 is 10.5 Å². The monoisotopic (exact) mass is 329 g/mol. The first-order valence-electron chi connectivity index (χ1n) is 8.57. The highest BCUT2D eigenvalue weighted by Crippen LogP contribution is 2.34. The molecule has 2 nitrogen and oxygen atoms in total. The van der Waals surface area contributed by atoms with Gasteiger partial charge in [-0.1, -0.05) is 45.0 Å². The minimum absolute atomic E-state index is 0.0531. The summed E-state index contributed by atoms with van der Waals surface area (Å²) < 4.78 is 19.3. The molecule has 0 bridgehead atoms. The molecular formula is C21H28FNO. The molecule has 0 aliphatic carbocycles. The molecule has 2 N–H and O–H groups in total. The number of hydrogen-bond donors (Lipinski definition) is 1. The fourth-order valence-electron chi connectivity index (χ4n) is 2.89. The summed E-state index contributed by atoms with van der Waals surface area (Å²) in [7, 11) is 0. The van der Waals surface area contributed by atoms with E-state index in [4.69, 9.17) is 10.5 Å². The van der Waals surface area contributed by atoms with E-state index >= 15 is 0 Å². The average Bonchev–Trinajstić information content (AvgIpc) is 2.52. The van der Waals surface area contributed by atoms with Crippen LogP contribution in [-0.4, -0.2) is 13.2 Å². The van der Waals surface area contributed by atoms with Gasteiger partial charge in [0.05, 0.1) is 6.61 Å². The smallest absolute Gasteiger partial charge is 0.123 e. The van der Waals surface area contributed by atoms with Gasteiger partial charge in [0.25, 0.3) is 0 Å². The highest BCUT2D eigenvalue weighted by Gasteiger charge is 2.21. The molecule has 130 valence electrons. The minimum Gasteiger partial charge on any atom is -0.494 e. The van der Waals surface area contributed by atoms with E-state index in [1.807, 2.05) is 19.1 Å². The van der Waals surface area contributed by atoms with Gasteiger partial charge in [0.15, 0.2) is 0 Å². The van der Waals surface area contributed by atoms with Gasteiger partial charge in [-0.2, -0.15) is 0 Å². The van der Waals surface area contributed by atoms with Gasteiger partial charge in [0.1, 0.15) is 11.6 Å². The van der Waals surface area contributed by atoms with Crippen LogP contribution in [0.2, 0.25) is 0 Å². The zero-order valence-electron chi connectivity index (χ0n) is 15.1. The fourth-order valence-corrected chi connectivity index (χ4v) is 2.89. The summed E-state index contributed by atoms with van der Waals surface area (Å²) in [5.41, 5.74) is 9.43. The third-order valence-corrected chi connectivity index (χ3v) is 4.27. The van der Waals surface area contributed by atoms with Gasteiger partial charge in [-0.05, 0) is 60.2 Å².